The second-order valence-corrected chi connectivity index (χ2v) is 5.79. The van der Waals surface area contributed by atoms with Crippen LogP contribution in [0.5, 0.6) is 11.5 Å². The molecular weight excluding hydrogens is 304 g/mol. The Balaban J connectivity index is 1.38. The van der Waals surface area contributed by atoms with Crippen molar-refractivity contribution in [2.75, 3.05) is 25.0 Å². The van der Waals surface area contributed by atoms with Crippen molar-refractivity contribution in [3.63, 3.8) is 0 Å². The van der Waals surface area contributed by atoms with Gasteiger partial charge in [0.15, 0.2) is 11.5 Å². The second kappa shape index (κ2) is 7.73. The number of anilines is 1. The number of rotatable bonds is 6. The summed E-state index contributed by atoms with van der Waals surface area (Å²) in [6.07, 6.45) is 0.256. The molecule has 0 fully saturated rings. The summed E-state index contributed by atoms with van der Waals surface area (Å²) in [7, 11) is 0. The van der Waals surface area contributed by atoms with E-state index >= 15 is 0 Å². The third-order valence-corrected chi connectivity index (χ3v) is 3.91. The number of carbonyl (C=O) groups is 1. The van der Waals surface area contributed by atoms with Gasteiger partial charge in [0, 0.05) is 18.7 Å². The number of hydrogen-bond donors (Lipinski definition) is 2. The Bertz CT molecular complexity index is 703. The van der Waals surface area contributed by atoms with Crippen molar-refractivity contribution in [3.05, 3.63) is 54.1 Å². The lowest BCUT2D eigenvalue weighted by Gasteiger charge is -2.26. The van der Waals surface area contributed by atoms with E-state index in [0.29, 0.717) is 26.1 Å². The van der Waals surface area contributed by atoms with E-state index in [4.69, 9.17) is 9.47 Å². The van der Waals surface area contributed by atoms with E-state index in [-0.39, 0.29) is 12.0 Å². The minimum atomic E-state index is -0.159. The van der Waals surface area contributed by atoms with Crippen LogP contribution in [0, 0.1) is 6.92 Å². The van der Waals surface area contributed by atoms with Gasteiger partial charge in [-0.25, -0.2) is 0 Å². The quantitative estimate of drug-likeness (QED) is 0.857. The molecule has 126 valence electrons. The zero-order chi connectivity index (χ0) is 16.8. The molecule has 1 aliphatic rings. The fourth-order valence-electron chi connectivity index (χ4n) is 2.56. The summed E-state index contributed by atoms with van der Waals surface area (Å²) in [5, 5.41) is 6.18. The van der Waals surface area contributed by atoms with E-state index in [9.17, 15) is 4.79 Å². The van der Waals surface area contributed by atoms with Crippen molar-refractivity contribution in [3.8, 4) is 11.5 Å². The van der Waals surface area contributed by atoms with Gasteiger partial charge in [0.25, 0.3) is 0 Å². The molecule has 2 aromatic rings. The maximum atomic E-state index is 12.0. The van der Waals surface area contributed by atoms with E-state index in [0.717, 1.165) is 17.2 Å². The molecule has 1 atom stereocenters. The Kier molecular flexibility index (Phi) is 5.21. The van der Waals surface area contributed by atoms with Gasteiger partial charge >= 0.3 is 0 Å². The van der Waals surface area contributed by atoms with Crippen LogP contribution in [0.4, 0.5) is 5.69 Å². The lowest BCUT2D eigenvalue weighted by molar-refractivity contribution is -0.121. The molecule has 2 N–H and O–H groups in total. The molecule has 0 saturated carbocycles. The first-order valence-corrected chi connectivity index (χ1v) is 8.17. The van der Waals surface area contributed by atoms with E-state index in [2.05, 4.69) is 10.6 Å². The monoisotopic (exact) mass is 326 g/mol. The highest BCUT2D eigenvalue weighted by Crippen LogP contribution is 2.30. The number of ether oxygens (including phenoxy) is 2. The number of benzene rings is 2. The molecule has 5 heteroatoms. The van der Waals surface area contributed by atoms with Crippen LogP contribution >= 0.6 is 0 Å². The summed E-state index contributed by atoms with van der Waals surface area (Å²) < 4.78 is 11.4. The third-order valence-electron chi connectivity index (χ3n) is 3.91. The average molecular weight is 326 g/mol. The van der Waals surface area contributed by atoms with Crippen LogP contribution < -0.4 is 20.1 Å². The molecule has 1 heterocycles. The van der Waals surface area contributed by atoms with Crippen LogP contribution in [0.3, 0.4) is 0 Å². The van der Waals surface area contributed by atoms with Crippen LogP contribution in [0.1, 0.15) is 12.0 Å². The van der Waals surface area contributed by atoms with Crippen molar-refractivity contribution >= 4 is 11.6 Å². The lowest BCUT2D eigenvalue weighted by Crippen LogP contribution is -2.41. The minimum absolute atomic E-state index is 0.00135. The maximum Gasteiger partial charge on any atom is 0.221 e. The fraction of sp³-hybridized carbons (Fsp3) is 0.316. The highest BCUT2D eigenvalue weighted by Gasteiger charge is 2.20. The zero-order valence-electron chi connectivity index (χ0n) is 13.7. The van der Waals surface area contributed by atoms with Crippen LogP contribution in [-0.2, 0) is 4.79 Å². The van der Waals surface area contributed by atoms with Gasteiger partial charge < -0.3 is 20.1 Å². The van der Waals surface area contributed by atoms with Gasteiger partial charge in [-0.1, -0.05) is 30.3 Å². The third kappa shape index (κ3) is 4.19. The number of amides is 1. The van der Waals surface area contributed by atoms with E-state index in [1.165, 1.54) is 5.56 Å². The molecule has 0 bridgehead atoms. The molecule has 0 unspecified atom stereocenters. The van der Waals surface area contributed by atoms with Crippen molar-refractivity contribution < 1.29 is 14.3 Å². The molecule has 3 rings (SSSR count). The summed E-state index contributed by atoms with van der Waals surface area (Å²) in [6.45, 7) is 3.53. The highest BCUT2D eigenvalue weighted by molar-refractivity contribution is 5.76. The van der Waals surface area contributed by atoms with E-state index in [1.54, 1.807) is 0 Å². The second-order valence-electron chi connectivity index (χ2n) is 5.79. The van der Waals surface area contributed by atoms with Crippen molar-refractivity contribution in [2.45, 2.75) is 19.4 Å². The minimum Gasteiger partial charge on any atom is -0.486 e. The number of nitrogens with one attached hydrogen (secondary N) is 2. The standard InChI is InChI=1S/C19H22N2O3/c1-14-6-2-3-7-16(14)20-11-10-19(22)21-12-15-13-23-17-8-4-5-9-18(17)24-15/h2-9,15,20H,10-13H2,1H3,(H,21,22)/t15-/m1/s1. The molecular formula is C19H22N2O3. The summed E-state index contributed by atoms with van der Waals surface area (Å²) in [4.78, 5) is 12.0. The number of carbonyl (C=O) groups excluding carboxylic acids is 1. The molecule has 0 aliphatic carbocycles. The Hall–Kier alpha value is -2.69. The van der Waals surface area contributed by atoms with Crippen LogP contribution in [0.15, 0.2) is 48.5 Å². The van der Waals surface area contributed by atoms with Gasteiger partial charge in [-0.15, -0.1) is 0 Å². The summed E-state index contributed by atoms with van der Waals surface area (Å²) in [5.41, 5.74) is 2.23. The smallest absolute Gasteiger partial charge is 0.221 e. The largest absolute Gasteiger partial charge is 0.486 e. The molecule has 0 spiro atoms. The Morgan fingerprint density at radius 2 is 1.88 bits per heavy atom. The normalized spacial score (nSPS) is 15.6. The van der Waals surface area contributed by atoms with Gasteiger partial charge in [-0.05, 0) is 30.7 Å². The molecule has 0 radical (unpaired) electrons. The molecule has 1 aliphatic heterocycles. The van der Waals surface area contributed by atoms with Crippen LogP contribution in [0.2, 0.25) is 0 Å². The average Bonchev–Trinajstić information content (AvgIpc) is 2.61. The van der Waals surface area contributed by atoms with Gasteiger partial charge in [-0.3, -0.25) is 4.79 Å². The van der Waals surface area contributed by atoms with Crippen molar-refractivity contribution in [1.29, 1.82) is 0 Å². The van der Waals surface area contributed by atoms with Crippen molar-refractivity contribution in [1.82, 2.24) is 5.32 Å². The highest BCUT2D eigenvalue weighted by atomic mass is 16.6. The number of fused-ring (bicyclic) bond motifs is 1. The Morgan fingerprint density at radius 1 is 1.12 bits per heavy atom. The first kappa shape index (κ1) is 16.2. The van der Waals surface area contributed by atoms with Gasteiger partial charge in [-0.2, -0.15) is 0 Å². The molecule has 24 heavy (non-hydrogen) atoms. The molecule has 0 saturated heterocycles. The predicted molar refractivity (Wildman–Crippen MR) is 93.6 cm³/mol. The SMILES string of the molecule is Cc1ccccc1NCCC(=O)NC[C@@H]1COc2ccccc2O1. The zero-order valence-corrected chi connectivity index (χ0v) is 13.7. The molecule has 0 aromatic heterocycles. The summed E-state index contributed by atoms with van der Waals surface area (Å²) in [6, 6.07) is 15.6. The molecule has 5 nitrogen and oxygen atoms in total. The van der Waals surface area contributed by atoms with E-state index < -0.39 is 0 Å². The molecule has 1 amide bonds. The van der Waals surface area contributed by atoms with Gasteiger partial charge in [0.2, 0.25) is 5.91 Å². The Morgan fingerprint density at radius 3 is 2.71 bits per heavy atom. The first-order chi connectivity index (χ1) is 11.7. The fourth-order valence-corrected chi connectivity index (χ4v) is 2.56. The summed E-state index contributed by atoms with van der Waals surface area (Å²) >= 11 is 0. The van der Waals surface area contributed by atoms with Gasteiger partial charge in [0.05, 0.1) is 6.54 Å². The number of hydrogen-bond acceptors (Lipinski definition) is 4. The Labute approximate surface area is 142 Å². The number of para-hydroxylation sites is 3. The first-order valence-electron chi connectivity index (χ1n) is 8.17. The van der Waals surface area contributed by atoms with Crippen molar-refractivity contribution in [2.24, 2.45) is 0 Å². The summed E-state index contributed by atoms with van der Waals surface area (Å²) in [5.74, 6) is 1.48. The van der Waals surface area contributed by atoms with Crippen LogP contribution in [0.25, 0.3) is 0 Å². The van der Waals surface area contributed by atoms with Gasteiger partial charge in [0.1, 0.15) is 12.7 Å². The molecule has 2 aromatic carbocycles. The number of aryl methyl sites for hydroxylation is 1. The predicted octanol–water partition coefficient (Wildman–Crippen LogP) is 2.75. The lowest BCUT2D eigenvalue weighted by atomic mass is 10.2. The maximum absolute atomic E-state index is 12.0. The van der Waals surface area contributed by atoms with E-state index in [1.807, 2.05) is 55.5 Å². The van der Waals surface area contributed by atoms with Crippen LogP contribution in [-0.4, -0.2) is 31.7 Å². The topological polar surface area (TPSA) is 59.6 Å².